The van der Waals surface area contributed by atoms with Crippen molar-refractivity contribution in [2.24, 2.45) is 0 Å². The van der Waals surface area contributed by atoms with E-state index in [1.165, 1.54) is 12.1 Å². The van der Waals surface area contributed by atoms with E-state index in [4.69, 9.17) is 18.4 Å². The molecular formula is C16H22O6S2. The van der Waals surface area contributed by atoms with E-state index in [2.05, 4.69) is 12.6 Å². The van der Waals surface area contributed by atoms with Gasteiger partial charge in [0.2, 0.25) is 0 Å². The van der Waals surface area contributed by atoms with Crippen molar-refractivity contribution < 1.29 is 26.8 Å². The van der Waals surface area contributed by atoms with Gasteiger partial charge >= 0.3 is 0 Å². The highest BCUT2D eigenvalue weighted by molar-refractivity contribution is 7.86. The molecule has 0 radical (unpaired) electrons. The van der Waals surface area contributed by atoms with Crippen molar-refractivity contribution in [2.45, 2.75) is 68.2 Å². The summed E-state index contributed by atoms with van der Waals surface area (Å²) in [6.45, 7) is 7.14. The van der Waals surface area contributed by atoms with E-state index >= 15 is 0 Å². The molecule has 0 saturated carbocycles. The van der Waals surface area contributed by atoms with Crippen LogP contribution >= 0.6 is 12.6 Å². The van der Waals surface area contributed by atoms with Crippen LogP contribution in [0.4, 0.5) is 0 Å². The molecule has 0 amide bonds. The molecule has 2 aliphatic rings. The maximum absolute atomic E-state index is 12.4. The quantitative estimate of drug-likeness (QED) is 0.644. The highest BCUT2D eigenvalue weighted by atomic mass is 32.2. The number of thiol groups is 1. The zero-order valence-electron chi connectivity index (χ0n) is 14.0. The van der Waals surface area contributed by atoms with Crippen molar-refractivity contribution in [3.05, 3.63) is 29.8 Å². The summed E-state index contributed by atoms with van der Waals surface area (Å²) >= 11 is 4.36. The fraction of sp³-hybridized carbons (Fsp3) is 0.625. The molecule has 0 spiro atoms. The Morgan fingerprint density at radius 3 is 2.38 bits per heavy atom. The first-order chi connectivity index (χ1) is 11.1. The van der Waals surface area contributed by atoms with Gasteiger partial charge in [0, 0.05) is 0 Å². The second kappa shape index (κ2) is 6.26. The van der Waals surface area contributed by atoms with Crippen molar-refractivity contribution in [1.82, 2.24) is 0 Å². The van der Waals surface area contributed by atoms with Crippen LogP contribution in [-0.2, 0) is 28.5 Å². The third kappa shape index (κ3) is 3.49. The second-order valence-electron chi connectivity index (χ2n) is 6.62. The highest BCUT2D eigenvalue weighted by Crippen LogP contribution is 2.41. The lowest BCUT2D eigenvalue weighted by Gasteiger charge is -2.26. The predicted octanol–water partition coefficient (Wildman–Crippen LogP) is 2.26. The first-order valence-corrected chi connectivity index (χ1v) is 9.71. The molecule has 8 heteroatoms. The molecule has 134 valence electrons. The van der Waals surface area contributed by atoms with E-state index in [1.54, 1.807) is 32.9 Å². The summed E-state index contributed by atoms with van der Waals surface area (Å²) in [6.07, 6.45) is -2.11. The van der Waals surface area contributed by atoms with Gasteiger partial charge in [0.05, 0.1) is 4.90 Å². The Morgan fingerprint density at radius 1 is 1.17 bits per heavy atom. The molecule has 2 heterocycles. The van der Waals surface area contributed by atoms with Crippen molar-refractivity contribution >= 4 is 22.7 Å². The predicted molar refractivity (Wildman–Crippen MR) is 90.4 cm³/mol. The summed E-state index contributed by atoms with van der Waals surface area (Å²) in [4.78, 5) is 0.112. The van der Waals surface area contributed by atoms with Gasteiger partial charge in [0.15, 0.2) is 5.79 Å². The van der Waals surface area contributed by atoms with E-state index < -0.39 is 39.7 Å². The van der Waals surface area contributed by atoms with E-state index in [1.807, 2.05) is 6.92 Å². The van der Waals surface area contributed by atoms with Gasteiger partial charge in [-0.3, -0.25) is 4.18 Å². The van der Waals surface area contributed by atoms with Crippen LogP contribution in [0.3, 0.4) is 0 Å². The summed E-state index contributed by atoms with van der Waals surface area (Å²) in [5, 5.41) is 0. The van der Waals surface area contributed by atoms with E-state index in [-0.39, 0.29) is 11.0 Å². The van der Waals surface area contributed by atoms with Crippen molar-refractivity contribution in [3.8, 4) is 0 Å². The summed E-state index contributed by atoms with van der Waals surface area (Å²) < 4.78 is 47.6. The molecule has 1 aromatic rings. The van der Waals surface area contributed by atoms with Crippen molar-refractivity contribution in [3.63, 3.8) is 0 Å². The lowest BCUT2D eigenvalue weighted by atomic mass is 10.1. The van der Waals surface area contributed by atoms with Gasteiger partial charge in [0.1, 0.15) is 29.9 Å². The lowest BCUT2D eigenvalue weighted by molar-refractivity contribution is -0.185. The summed E-state index contributed by atoms with van der Waals surface area (Å²) in [7, 11) is -3.89. The van der Waals surface area contributed by atoms with Crippen LogP contribution in [0.1, 0.15) is 26.3 Å². The van der Waals surface area contributed by atoms with Crippen LogP contribution in [-0.4, -0.2) is 44.1 Å². The minimum atomic E-state index is -3.89. The molecule has 1 unspecified atom stereocenters. The first kappa shape index (κ1) is 18.2. The molecule has 2 fully saturated rings. The van der Waals surface area contributed by atoms with Gasteiger partial charge in [-0.05, 0) is 39.8 Å². The largest absolute Gasteiger partial charge is 0.356 e. The van der Waals surface area contributed by atoms with Crippen LogP contribution in [0, 0.1) is 6.92 Å². The minimum Gasteiger partial charge on any atom is -0.356 e. The molecule has 1 aromatic carbocycles. The van der Waals surface area contributed by atoms with Gasteiger partial charge in [-0.1, -0.05) is 17.7 Å². The molecule has 5 atom stereocenters. The normalized spacial score (nSPS) is 33.4. The van der Waals surface area contributed by atoms with Gasteiger partial charge in [0.25, 0.3) is 10.1 Å². The number of ether oxygens (including phenoxy) is 3. The van der Waals surface area contributed by atoms with Crippen molar-refractivity contribution in [1.29, 1.82) is 0 Å². The zero-order chi connectivity index (χ0) is 17.7. The topological polar surface area (TPSA) is 71.1 Å². The molecule has 0 aromatic heterocycles. The monoisotopic (exact) mass is 374 g/mol. The number of hydrogen-bond donors (Lipinski definition) is 1. The fourth-order valence-electron chi connectivity index (χ4n) is 3.00. The SMILES string of the molecule is Cc1ccc(S(=O)(=O)O[C@H](C)[C@H]2O[C@@H](S)[C@H]3OC(C)(C)OC32)cc1. The molecule has 2 aliphatic heterocycles. The highest BCUT2D eigenvalue weighted by Gasteiger charge is 2.56. The minimum absolute atomic E-state index is 0.112. The fourth-order valence-corrected chi connectivity index (χ4v) is 4.46. The molecule has 0 bridgehead atoms. The van der Waals surface area contributed by atoms with Gasteiger partial charge < -0.3 is 14.2 Å². The maximum atomic E-state index is 12.4. The Labute approximate surface area is 148 Å². The third-order valence-corrected chi connectivity index (χ3v) is 5.94. The van der Waals surface area contributed by atoms with Crippen LogP contribution in [0.2, 0.25) is 0 Å². The molecule has 0 aliphatic carbocycles. The Morgan fingerprint density at radius 2 is 1.75 bits per heavy atom. The number of fused-ring (bicyclic) bond motifs is 1. The van der Waals surface area contributed by atoms with Crippen LogP contribution in [0.15, 0.2) is 29.2 Å². The Balaban J connectivity index is 1.75. The summed E-state index contributed by atoms with van der Waals surface area (Å²) in [5.74, 6) is -0.756. The second-order valence-corrected chi connectivity index (χ2v) is 8.71. The lowest BCUT2D eigenvalue weighted by Crippen LogP contribution is -2.39. The van der Waals surface area contributed by atoms with E-state index in [0.717, 1.165) is 5.56 Å². The average Bonchev–Trinajstić information content (AvgIpc) is 2.93. The van der Waals surface area contributed by atoms with Gasteiger partial charge in [-0.15, -0.1) is 12.6 Å². The van der Waals surface area contributed by atoms with Crippen LogP contribution < -0.4 is 0 Å². The number of aryl methyl sites for hydroxylation is 1. The number of benzene rings is 1. The summed E-state index contributed by atoms with van der Waals surface area (Å²) in [5.41, 5.74) is 0.482. The van der Waals surface area contributed by atoms with E-state index in [0.29, 0.717) is 0 Å². The number of hydrogen-bond acceptors (Lipinski definition) is 7. The molecule has 6 nitrogen and oxygen atoms in total. The molecular weight excluding hydrogens is 352 g/mol. The van der Waals surface area contributed by atoms with Gasteiger partial charge in [-0.2, -0.15) is 8.42 Å². The van der Waals surface area contributed by atoms with Crippen LogP contribution in [0.5, 0.6) is 0 Å². The van der Waals surface area contributed by atoms with Crippen molar-refractivity contribution in [2.75, 3.05) is 0 Å². The average molecular weight is 374 g/mol. The third-order valence-electron chi connectivity index (χ3n) is 4.12. The molecule has 3 rings (SSSR count). The smallest absolute Gasteiger partial charge is 0.297 e. The Kier molecular flexibility index (Phi) is 4.74. The van der Waals surface area contributed by atoms with E-state index in [9.17, 15) is 8.42 Å². The standard InChI is InChI=1S/C16H22O6S2/c1-9-5-7-11(8-6-9)24(17,18)22-10(2)12-13-14(15(23)19-12)21-16(3,4)20-13/h5-8,10,12-15,23H,1-4H3/t10-,12-,13?,14+,15+/m1/s1. The maximum Gasteiger partial charge on any atom is 0.297 e. The van der Waals surface area contributed by atoms with Gasteiger partial charge in [-0.25, -0.2) is 0 Å². The Bertz CT molecular complexity index is 700. The van der Waals surface area contributed by atoms with Crippen LogP contribution in [0.25, 0.3) is 0 Å². The molecule has 0 N–H and O–H groups in total. The molecule has 24 heavy (non-hydrogen) atoms. The zero-order valence-corrected chi connectivity index (χ0v) is 15.7. The summed E-state index contributed by atoms with van der Waals surface area (Å²) in [6, 6.07) is 6.50. The first-order valence-electron chi connectivity index (χ1n) is 7.78. The number of rotatable bonds is 4. The molecule has 2 saturated heterocycles. The Hall–Kier alpha value is -0.640.